The van der Waals surface area contributed by atoms with Crippen LogP contribution in [0.4, 0.5) is 5.69 Å². The van der Waals surface area contributed by atoms with Crippen LogP contribution in [0.1, 0.15) is 23.2 Å². The van der Waals surface area contributed by atoms with Crippen LogP contribution in [0.2, 0.25) is 15.1 Å². The van der Waals surface area contributed by atoms with Gasteiger partial charge in [-0.25, -0.2) is 4.79 Å². The third-order valence-electron chi connectivity index (χ3n) is 3.29. The van der Waals surface area contributed by atoms with E-state index in [0.29, 0.717) is 39.7 Å². The van der Waals surface area contributed by atoms with Crippen molar-refractivity contribution in [2.24, 2.45) is 0 Å². The molecule has 0 atom stereocenters. The summed E-state index contributed by atoms with van der Waals surface area (Å²) in [5.74, 6) is -0.463. The van der Waals surface area contributed by atoms with Crippen LogP contribution in [0.3, 0.4) is 0 Å². The second-order valence-electron chi connectivity index (χ2n) is 5.00. The van der Waals surface area contributed by atoms with E-state index >= 15 is 0 Å². The van der Waals surface area contributed by atoms with Gasteiger partial charge in [0.15, 0.2) is 0 Å². The minimum atomic E-state index is -1.01. The summed E-state index contributed by atoms with van der Waals surface area (Å²) in [7, 11) is 0. The quantitative estimate of drug-likeness (QED) is 0.577. The minimum absolute atomic E-state index is 0.157. The molecule has 2 aromatic rings. The van der Waals surface area contributed by atoms with Crippen molar-refractivity contribution in [1.29, 1.82) is 0 Å². The van der Waals surface area contributed by atoms with Crippen LogP contribution in [-0.2, 0) is 0 Å². The van der Waals surface area contributed by atoms with Gasteiger partial charge in [0.25, 0.3) is 0 Å². The predicted octanol–water partition coefficient (Wildman–Crippen LogP) is 5.62. The lowest BCUT2D eigenvalue weighted by atomic mass is 10.1. The van der Waals surface area contributed by atoms with Crippen molar-refractivity contribution >= 4 is 46.5 Å². The normalized spacial score (nSPS) is 10.5. The molecule has 0 fully saturated rings. The first-order valence-electron chi connectivity index (χ1n) is 7.33. The van der Waals surface area contributed by atoms with E-state index in [1.165, 1.54) is 6.07 Å². The maximum Gasteiger partial charge on any atom is 0.337 e. The van der Waals surface area contributed by atoms with Crippen molar-refractivity contribution in [2.45, 2.75) is 12.8 Å². The van der Waals surface area contributed by atoms with Gasteiger partial charge in [0.05, 0.1) is 27.9 Å². The number of halogens is 3. The highest BCUT2D eigenvalue weighted by Gasteiger charge is 2.12. The number of carbonyl (C=O) groups is 1. The average Bonchev–Trinajstić information content (AvgIpc) is 2.55. The lowest BCUT2D eigenvalue weighted by Gasteiger charge is -2.12. The maximum atomic E-state index is 11.2. The SMILES string of the molecule is O=C(O)c1cccc(Cl)c1NCCCCOc1cccc(Cl)c1Cl. The fraction of sp³-hybridized carbons (Fsp3) is 0.235. The van der Waals surface area contributed by atoms with Crippen molar-refractivity contribution in [3.8, 4) is 5.75 Å². The maximum absolute atomic E-state index is 11.2. The first-order valence-corrected chi connectivity index (χ1v) is 8.46. The number of ether oxygens (including phenoxy) is 1. The fourth-order valence-electron chi connectivity index (χ4n) is 2.10. The number of para-hydroxylation sites is 1. The smallest absolute Gasteiger partial charge is 0.337 e. The third kappa shape index (κ3) is 4.94. The van der Waals surface area contributed by atoms with Crippen LogP contribution >= 0.6 is 34.8 Å². The first-order chi connectivity index (χ1) is 11.5. The molecule has 0 aliphatic carbocycles. The van der Waals surface area contributed by atoms with Crippen molar-refractivity contribution < 1.29 is 14.6 Å². The number of rotatable bonds is 8. The molecule has 0 aliphatic heterocycles. The van der Waals surface area contributed by atoms with Crippen molar-refractivity contribution in [1.82, 2.24) is 0 Å². The van der Waals surface area contributed by atoms with Gasteiger partial charge in [-0.15, -0.1) is 0 Å². The molecule has 0 saturated heterocycles. The lowest BCUT2D eigenvalue weighted by Crippen LogP contribution is -2.09. The molecule has 0 radical (unpaired) electrons. The molecule has 0 bridgehead atoms. The topological polar surface area (TPSA) is 58.6 Å². The lowest BCUT2D eigenvalue weighted by molar-refractivity contribution is 0.0698. The van der Waals surface area contributed by atoms with E-state index in [4.69, 9.17) is 44.6 Å². The molecule has 2 aromatic carbocycles. The van der Waals surface area contributed by atoms with Crippen LogP contribution in [-0.4, -0.2) is 24.2 Å². The summed E-state index contributed by atoms with van der Waals surface area (Å²) in [6.45, 7) is 1.06. The Bertz CT molecular complexity index is 722. The van der Waals surface area contributed by atoms with Gasteiger partial charge >= 0.3 is 5.97 Å². The highest BCUT2D eigenvalue weighted by molar-refractivity contribution is 6.42. The van der Waals surface area contributed by atoms with Gasteiger partial charge in [0.1, 0.15) is 10.8 Å². The number of hydrogen-bond donors (Lipinski definition) is 2. The van der Waals surface area contributed by atoms with Gasteiger partial charge in [-0.1, -0.05) is 46.9 Å². The van der Waals surface area contributed by atoms with Crippen LogP contribution in [0.25, 0.3) is 0 Å². The predicted molar refractivity (Wildman–Crippen MR) is 98.1 cm³/mol. The standard InChI is InChI=1S/C17H16Cl3NO3/c18-12-6-4-8-14(15(12)20)24-10-2-1-9-21-16-11(17(22)23)5-3-7-13(16)19/h3-8,21H,1-2,9-10H2,(H,22,23). The Hall–Kier alpha value is -1.62. The first kappa shape index (κ1) is 18.7. The molecule has 2 N–H and O–H groups in total. The number of carboxylic acid groups (broad SMARTS) is 1. The Morgan fingerprint density at radius 2 is 1.75 bits per heavy atom. The third-order valence-corrected chi connectivity index (χ3v) is 4.41. The second-order valence-corrected chi connectivity index (χ2v) is 6.19. The number of anilines is 1. The zero-order valence-corrected chi connectivity index (χ0v) is 15.0. The highest BCUT2D eigenvalue weighted by Crippen LogP contribution is 2.31. The Morgan fingerprint density at radius 3 is 2.50 bits per heavy atom. The highest BCUT2D eigenvalue weighted by atomic mass is 35.5. The van der Waals surface area contributed by atoms with Gasteiger partial charge < -0.3 is 15.2 Å². The number of aromatic carboxylic acids is 1. The van der Waals surface area contributed by atoms with Crippen molar-refractivity contribution in [3.63, 3.8) is 0 Å². The zero-order valence-electron chi connectivity index (χ0n) is 12.7. The van der Waals surface area contributed by atoms with Gasteiger partial charge in [0, 0.05) is 6.54 Å². The summed E-state index contributed by atoms with van der Waals surface area (Å²) in [6.07, 6.45) is 1.55. The molecule has 24 heavy (non-hydrogen) atoms. The molecule has 0 spiro atoms. The minimum Gasteiger partial charge on any atom is -0.492 e. The number of carboxylic acids is 1. The summed E-state index contributed by atoms with van der Waals surface area (Å²) in [4.78, 5) is 11.2. The van der Waals surface area contributed by atoms with E-state index in [0.717, 1.165) is 12.8 Å². The molecule has 0 aliphatic rings. The van der Waals surface area contributed by atoms with E-state index in [-0.39, 0.29) is 5.56 Å². The molecule has 4 nitrogen and oxygen atoms in total. The Balaban J connectivity index is 1.78. The number of nitrogens with one attached hydrogen (secondary N) is 1. The molecule has 2 rings (SSSR count). The van der Waals surface area contributed by atoms with Crippen molar-refractivity contribution in [3.05, 3.63) is 57.0 Å². The Kier molecular flexibility index (Phi) is 7.03. The average molecular weight is 389 g/mol. The molecule has 0 aromatic heterocycles. The molecule has 0 heterocycles. The fourth-order valence-corrected chi connectivity index (χ4v) is 2.69. The van der Waals surface area contributed by atoms with Gasteiger partial charge in [-0.05, 0) is 37.1 Å². The summed E-state index contributed by atoms with van der Waals surface area (Å²) < 4.78 is 5.59. The zero-order chi connectivity index (χ0) is 17.5. The van der Waals surface area contributed by atoms with Crippen LogP contribution in [0.5, 0.6) is 5.75 Å². The molecule has 0 amide bonds. The van der Waals surface area contributed by atoms with E-state index in [9.17, 15) is 4.79 Å². The largest absolute Gasteiger partial charge is 0.492 e. The summed E-state index contributed by atoms with van der Waals surface area (Å²) in [5, 5.41) is 13.5. The summed E-state index contributed by atoms with van der Waals surface area (Å²) in [5.41, 5.74) is 0.593. The molecule has 7 heteroatoms. The number of unbranched alkanes of at least 4 members (excludes halogenated alkanes) is 1. The van der Waals surface area contributed by atoms with E-state index in [1.807, 2.05) is 0 Å². The van der Waals surface area contributed by atoms with Crippen LogP contribution < -0.4 is 10.1 Å². The van der Waals surface area contributed by atoms with E-state index in [1.54, 1.807) is 30.3 Å². The Labute approximate surface area is 155 Å². The molecule has 0 saturated carbocycles. The monoisotopic (exact) mass is 387 g/mol. The van der Waals surface area contributed by atoms with Gasteiger partial charge in [-0.2, -0.15) is 0 Å². The van der Waals surface area contributed by atoms with E-state index < -0.39 is 5.97 Å². The molecular formula is C17H16Cl3NO3. The summed E-state index contributed by atoms with van der Waals surface area (Å²) >= 11 is 18.0. The van der Waals surface area contributed by atoms with Gasteiger partial charge in [-0.3, -0.25) is 0 Å². The molecule has 128 valence electrons. The van der Waals surface area contributed by atoms with Crippen molar-refractivity contribution in [2.75, 3.05) is 18.5 Å². The van der Waals surface area contributed by atoms with Crippen LogP contribution in [0, 0.1) is 0 Å². The van der Waals surface area contributed by atoms with Gasteiger partial charge in [0.2, 0.25) is 0 Å². The molecule has 0 unspecified atom stereocenters. The second kappa shape index (κ2) is 9.02. The number of hydrogen-bond acceptors (Lipinski definition) is 3. The Morgan fingerprint density at radius 1 is 1.04 bits per heavy atom. The van der Waals surface area contributed by atoms with E-state index in [2.05, 4.69) is 5.32 Å². The van der Waals surface area contributed by atoms with Crippen LogP contribution in [0.15, 0.2) is 36.4 Å². The number of benzene rings is 2. The molecular weight excluding hydrogens is 373 g/mol. The summed E-state index contributed by atoms with van der Waals surface area (Å²) in [6, 6.07) is 10.0.